The van der Waals surface area contributed by atoms with E-state index >= 15 is 0 Å². The zero-order valence-electron chi connectivity index (χ0n) is 14.7. The van der Waals surface area contributed by atoms with Crippen LogP contribution < -0.4 is 10.6 Å². The van der Waals surface area contributed by atoms with Crippen molar-refractivity contribution in [3.8, 4) is 0 Å². The van der Waals surface area contributed by atoms with Crippen molar-refractivity contribution in [2.75, 3.05) is 10.6 Å². The summed E-state index contributed by atoms with van der Waals surface area (Å²) in [6, 6.07) is 15.8. The third-order valence-corrected chi connectivity index (χ3v) is 5.42. The molecule has 0 aliphatic rings. The summed E-state index contributed by atoms with van der Waals surface area (Å²) in [6.07, 6.45) is 0. The van der Waals surface area contributed by atoms with Crippen LogP contribution in [0.2, 0.25) is 5.02 Å². The number of H-pyrrole nitrogens is 1. The first-order valence-electron chi connectivity index (χ1n) is 8.42. The standard InChI is InChI=1S/C20H15ClN4O2S/c1-11-2-4-12(5-3-11)18(26)23-17-15-10-16(28-20(15)25-24-17)19(27)22-14-8-6-13(21)7-9-14/h2-10H,1H3,(H,22,27)(H2,23,24,25,26). The van der Waals surface area contributed by atoms with E-state index in [0.29, 0.717) is 37.2 Å². The van der Waals surface area contributed by atoms with Crippen molar-refractivity contribution in [2.24, 2.45) is 0 Å². The van der Waals surface area contributed by atoms with Crippen LogP contribution in [0.3, 0.4) is 0 Å². The number of thiophene rings is 1. The van der Waals surface area contributed by atoms with Gasteiger partial charge in [-0.15, -0.1) is 11.3 Å². The monoisotopic (exact) mass is 410 g/mol. The van der Waals surface area contributed by atoms with E-state index in [9.17, 15) is 9.59 Å². The predicted octanol–water partition coefficient (Wildman–Crippen LogP) is 5.09. The van der Waals surface area contributed by atoms with Crippen molar-refractivity contribution in [1.29, 1.82) is 0 Å². The van der Waals surface area contributed by atoms with Gasteiger partial charge in [0.25, 0.3) is 11.8 Å². The highest BCUT2D eigenvalue weighted by atomic mass is 35.5. The highest BCUT2D eigenvalue weighted by Gasteiger charge is 2.17. The third-order valence-electron chi connectivity index (χ3n) is 4.13. The molecule has 4 rings (SSSR count). The number of nitrogens with one attached hydrogen (secondary N) is 3. The second-order valence-electron chi connectivity index (χ2n) is 6.21. The minimum absolute atomic E-state index is 0.243. The van der Waals surface area contributed by atoms with Crippen molar-refractivity contribution in [3.05, 3.63) is 75.6 Å². The van der Waals surface area contributed by atoms with Gasteiger partial charge in [-0.2, -0.15) is 5.10 Å². The number of halogens is 1. The Kier molecular flexibility index (Phi) is 4.85. The van der Waals surface area contributed by atoms with Crippen LogP contribution in [0.5, 0.6) is 0 Å². The molecule has 0 spiro atoms. The summed E-state index contributed by atoms with van der Waals surface area (Å²) in [4.78, 5) is 26.1. The molecule has 0 atom stereocenters. The second-order valence-corrected chi connectivity index (χ2v) is 7.70. The molecule has 0 radical (unpaired) electrons. The molecular weight excluding hydrogens is 396 g/mol. The summed E-state index contributed by atoms with van der Waals surface area (Å²) in [5, 5.41) is 13.9. The quantitative estimate of drug-likeness (QED) is 0.438. The van der Waals surface area contributed by atoms with Crippen molar-refractivity contribution >= 4 is 56.5 Å². The number of hydrogen-bond acceptors (Lipinski definition) is 4. The average molecular weight is 411 g/mol. The van der Waals surface area contributed by atoms with Gasteiger partial charge in [0, 0.05) is 16.3 Å². The fourth-order valence-electron chi connectivity index (χ4n) is 2.63. The minimum atomic E-state index is -0.258. The normalized spacial score (nSPS) is 10.8. The van der Waals surface area contributed by atoms with Crippen molar-refractivity contribution in [1.82, 2.24) is 10.2 Å². The van der Waals surface area contributed by atoms with Gasteiger partial charge in [0.2, 0.25) is 0 Å². The van der Waals surface area contributed by atoms with Gasteiger partial charge in [-0.1, -0.05) is 29.3 Å². The third kappa shape index (κ3) is 3.76. The Bertz CT molecular complexity index is 1160. The summed E-state index contributed by atoms with van der Waals surface area (Å²) in [7, 11) is 0. The van der Waals surface area contributed by atoms with E-state index in [4.69, 9.17) is 11.6 Å². The van der Waals surface area contributed by atoms with Crippen LogP contribution >= 0.6 is 22.9 Å². The molecule has 0 aliphatic heterocycles. The lowest BCUT2D eigenvalue weighted by Gasteiger charge is -2.03. The van der Waals surface area contributed by atoms with E-state index in [-0.39, 0.29) is 11.8 Å². The van der Waals surface area contributed by atoms with E-state index in [1.807, 2.05) is 19.1 Å². The lowest BCUT2D eigenvalue weighted by molar-refractivity contribution is 0.102. The molecule has 140 valence electrons. The number of aromatic nitrogens is 2. The fraction of sp³-hybridized carbons (Fsp3) is 0.0500. The topological polar surface area (TPSA) is 86.9 Å². The van der Waals surface area contributed by atoms with Gasteiger partial charge in [-0.25, -0.2) is 0 Å². The molecule has 0 unspecified atom stereocenters. The maximum absolute atomic E-state index is 12.5. The first-order chi connectivity index (χ1) is 13.5. The van der Waals surface area contributed by atoms with Gasteiger partial charge in [0.05, 0.1) is 10.3 Å². The molecule has 0 aliphatic carbocycles. The van der Waals surface area contributed by atoms with Crippen LogP contribution in [-0.4, -0.2) is 22.0 Å². The van der Waals surface area contributed by atoms with Crippen molar-refractivity contribution < 1.29 is 9.59 Å². The van der Waals surface area contributed by atoms with E-state index in [0.717, 1.165) is 5.56 Å². The number of hydrogen-bond donors (Lipinski definition) is 3. The molecule has 6 nitrogen and oxygen atoms in total. The van der Waals surface area contributed by atoms with Crippen LogP contribution in [0.15, 0.2) is 54.6 Å². The molecule has 0 saturated heterocycles. The van der Waals surface area contributed by atoms with Crippen LogP contribution in [0.4, 0.5) is 11.5 Å². The highest BCUT2D eigenvalue weighted by molar-refractivity contribution is 7.20. The van der Waals surface area contributed by atoms with Crippen LogP contribution in [0.25, 0.3) is 10.2 Å². The summed E-state index contributed by atoms with van der Waals surface area (Å²) >= 11 is 7.12. The van der Waals surface area contributed by atoms with E-state index < -0.39 is 0 Å². The van der Waals surface area contributed by atoms with Gasteiger partial charge in [0.1, 0.15) is 4.83 Å². The Hall–Kier alpha value is -3.16. The smallest absolute Gasteiger partial charge is 0.265 e. The van der Waals surface area contributed by atoms with E-state index in [1.165, 1.54) is 11.3 Å². The van der Waals surface area contributed by atoms with Crippen molar-refractivity contribution in [2.45, 2.75) is 6.92 Å². The number of rotatable bonds is 4. The molecular formula is C20H15ClN4O2S. The minimum Gasteiger partial charge on any atom is -0.321 e. The first-order valence-corrected chi connectivity index (χ1v) is 9.62. The number of benzene rings is 2. The fourth-order valence-corrected chi connectivity index (χ4v) is 3.66. The highest BCUT2D eigenvalue weighted by Crippen LogP contribution is 2.30. The molecule has 2 amide bonds. The Balaban J connectivity index is 1.53. The zero-order valence-corrected chi connectivity index (χ0v) is 16.3. The molecule has 0 saturated carbocycles. The summed E-state index contributed by atoms with van der Waals surface area (Å²) in [6.45, 7) is 1.96. The number of carbonyl (C=O) groups excluding carboxylic acids is 2. The lowest BCUT2D eigenvalue weighted by atomic mass is 10.1. The predicted molar refractivity (Wildman–Crippen MR) is 113 cm³/mol. The SMILES string of the molecule is Cc1ccc(C(=O)Nc2n[nH]c3sc(C(=O)Nc4ccc(Cl)cc4)cc23)cc1. The summed E-state index contributed by atoms with van der Waals surface area (Å²) in [5.74, 6) is -0.109. The molecule has 2 aromatic carbocycles. The summed E-state index contributed by atoms with van der Waals surface area (Å²) in [5.41, 5.74) is 2.27. The zero-order chi connectivity index (χ0) is 19.7. The number of aryl methyl sites for hydroxylation is 1. The van der Waals surface area contributed by atoms with E-state index in [1.54, 1.807) is 42.5 Å². The second kappa shape index (κ2) is 7.46. The first kappa shape index (κ1) is 18.2. The van der Waals surface area contributed by atoms with Gasteiger partial charge < -0.3 is 10.6 Å². The number of amides is 2. The van der Waals surface area contributed by atoms with Gasteiger partial charge in [-0.3, -0.25) is 14.7 Å². The number of carbonyl (C=O) groups is 2. The number of fused-ring (bicyclic) bond motifs is 1. The molecule has 28 heavy (non-hydrogen) atoms. The molecule has 0 fully saturated rings. The van der Waals surface area contributed by atoms with Crippen molar-refractivity contribution in [3.63, 3.8) is 0 Å². The lowest BCUT2D eigenvalue weighted by Crippen LogP contribution is -2.12. The molecule has 2 aromatic heterocycles. The Morgan fingerprint density at radius 3 is 2.43 bits per heavy atom. The maximum atomic E-state index is 12.5. The molecule has 2 heterocycles. The number of anilines is 2. The van der Waals surface area contributed by atoms with Crippen LogP contribution in [0.1, 0.15) is 25.6 Å². The van der Waals surface area contributed by atoms with E-state index in [2.05, 4.69) is 20.8 Å². The summed E-state index contributed by atoms with van der Waals surface area (Å²) < 4.78 is 0. The van der Waals surface area contributed by atoms with Crippen LogP contribution in [0, 0.1) is 6.92 Å². The molecule has 3 N–H and O–H groups in total. The van der Waals surface area contributed by atoms with Gasteiger partial charge in [0.15, 0.2) is 5.82 Å². The Morgan fingerprint density at radius 2 is 1.71 bits per heavy atom. The van der Waals surface area contributed by atoms with Crippen LogP contribution in [-0.2, 0) is 0 Å². The Morgan fingerprint density at radius 1 is 1.00 bits per heavy atom. The number of aromatic amines is 1. The average Bonchev–Trinajstić information content (AvgIpc) is 3.26. The largest absolute Gasteiger partial charge is 0.321 e. The Labute approximate surface area is 169 Å². The molecule has 4 aromatic rings. The maximum Gasteiger partial charge on any atom is 0.265 e. The molecule has 0 bridgehead atoms. The number of nitrogens with zero attached hydrogens (tertiary/aromatic N) is 1. The van der Waals surface area contributed by atoms with Gasteiger partial charge >= 0.3 is 0 Å². The molecule has 8 heteroatoms. The van der Waals surface area contributed by atoms with Gasteiger partial charge in [-0.05, 0) is 49.4 Å².